The quantitative estimate of drug-likeness (QED) is 0.893. The summed E-state index contributed by atoms with van der Waals surface area (Å²) in [7, 11) is 0. The normalized spacial score (nSPS) is 10.0. The van der Waals surface area contributed by atoms with Crippen LogP contribution >= 0.6 is 23.2 Å². The number of rotatable bonds is 4. The molecule has 0 fully saturated rings. The van der Waals surface area contributed by atoms with Gasteiger partial charge in [-0.25, -0.2) is 0 Å². The van der Waals surface area contributed by atoms with Crippen LogP contribution in [0.5, 0.6) is 0 Å². The molecule has 0 spiro atoms. The predicted octanol–water partition coefficient (Wildman–Crippen LogP) is 4.04. The van der Waals surface area contributed by atoms with Gasteiger partial charge in [0.15, 0.2) is 0 Å². The molecule has 1 amide bonds. The maximum absolute atomic E-state index is 11.8. The molecule has 0 aliphatic carbocycles. The number of hydrogen-bond donors (Lipinski definition) is 2. The highest BCUT2D eigenvalue weighted by Gasteiger charge is 2.09. The topological polar surface area (TPSA) is 41.1 Å². The fourth-order valence-corrected chi connectivity index (χ4v) is 2.03. The molecular formula is C14H12Cl2N2O. The van der Waals surface area contributed by atoms with Crippen molar-refractivity contribution in [3.05, 3.63) is 58.6 Å². The van der Waals surface area contributed by atoms with E-state index in [9.17, 15) is 4.79 Å². The average molecular weight is 295 g/mol. The molecule has 3 nitrogen and oxygen atoms in total. The van der Waals surface area contributed by atoms with Crippen LogP contribution < -0.4 is 10.6 Å². The summed E-state index contributed by atoms with van der Waals surface area (Å²) in [5.74, 6) is -0.209. The lowest BCUT2D eigenvalue weighted by atomic mass is 10.3. The molecule has 0 aromatic heterocycles. The highest BCUT2D eigenvalue weighted by Crippen LogP contribution is 2.29. The zero-order valence-corrected chi connectivity index (χ0v) is 11.5. The van der Waals surface area contributed by atoms with Crippen LogP contribution in [-0.2, 0) is 4.79 Å². The summed E-state index contributed by atoms with van der Waals surface area (Å²) >= 11 is 11.9. The molecule has 0 aliphatic rings. The standard InChI is InChI=1S/C14H12Cl2N2O/c15-11-7-4-8-12(16)14(11)18-13(19)9-17-10-5-2-1-3-6-10/h1-8,17H,9H2,(H,18,19). The molecule has 0 atom stereocenters. The van der Waals surface area contributed by atoms with Crippen LogP contribution in [0.15, 0.2) is 48.5 Å². The van der Waals surface area contributed by atoms with E-state index in [1.807, 2.05) is 30.3 Å². The van der Waals surface area contributed by atoms with Crippen molar-refractivity contribution >= 4 is 40.5 Å². The Morgan fingerprint density at radius 2 is 1.58 bits per heavy atom. The van der Waals surface area contributed by atoms with Gasteiger partial charge < -0.3 is 10.6 Å². The predicted molar refractivity (Wildman–Crippen MR) is 80.0 cm³/mol. The lowest BCUT2D eigenvalue weighted by Gasteiger charge is -2.10. The minimum Gasteiger partial charge on any atom is -0.376 e. The first kappa shape index (κ1) is 13.7. The maximum Gasteiger partial charge on any atom is 0.243 e. The summed E-state index contributed by atoms with van der Waals surface area (Å²) in [5.41, 5.74) is 1.31. The summed E-state index contributed by atoms with van der Waals surface area (Å²) in [6.45, 7) is 0.144. The Labute approximate surface area is 121 Å². The largest absolute Gasteiger partial charge is 0.376 e. The Kier molecular flexibility index (Phi) is 4.66. The minimum absolute atomic E-state index is 0.144. The highest BCUT2D eigenvalue weighted by atomic mass is 35.5. The molecule has 2 aromatic rings. The van der Waals surface area contributed by atoms with Gasteiger partial charge in [0.25, 0.3) is 0 Å². The molecule has 0 saturated heterocycles. The van der Waals surface area contributed by atoms with Crippen molar-refractivity contribution in [2.24, 2.45) is 0 Å². The number of carbonyl (C=O) groups excluding carboxylic acids is 1. The molecule has 98 valence electrons. The highest BCUT2D eigenvalue weighted by molar-refractivity contribution is 6.39. The summed E-state index contributed by atoms with van der Waals surface area (Å²) in [6, 6.07) is 14.5. The van der Waals surface area contributed by atoms with Crippen molar-refractivity contribution in [2.45, 2.75) is 0 Å². The Morgan fingerprint density at radius 3 is 2.21 bits per heavy atom. The Bertz CT molecular complexity index is 553. The van der Waals surface area contributed by atoms with Gasteiger partial charge >= 0.3 is 0 Å². The van der Waals surface area contributed by atoms with E-state index >= 15 is 0 Å². The second-order valence-corrected chi connectivity index (χ2v) is 4.68. The summed E-state index contributed by atoms with van der Waals surface area (Å²) in [4.78, 5) is 11.8. The lowest BCUT2D eigenvalue weighted by molar-refractivity contribution is -0.114. The third-order valence-corrected chi connectivity index (χ3v) is 3.08. The molecule has 19 heavy (non-hydrogen) atoms. The van der Waals surface area contributed by atoms with Gasteiger partial charge in [-0.2, -0.15) is 0 Å². The van der Waals surface area contributed by atoms with Crippen LogP contribution in [0.2, 0.25) is 10.0 Å². The fourth-order valence-electron chi connectivity index (χ4n) is 1.54. The third kappa shape index (κ3) is 3.88. The fraction of sp³-hybridized carbons (Fsp3) is 0.0714. The molecule has 2 aromatic carbocycles. The van der Waals surface area contributed by atoms with Gasteiger partial charge in [-0.1, -0.05) is 47.5 Å². The van der Waals surface area contributed by atoms with Crippen LogP contribution in [0.1, 0.15) is 0 Å². The minimum atomic E-state index is -0.209. The van der Waals surface area contributed by atoms with E-state index in [1.165, 1.54) is 0 Å². The first-order valence-corrected chi connectivity index (χ1v) is 6.45. The molecule has 2 rings (SSSR count). The van der Waals surface area contributed by atoms with Gasteiger partial charge in [0, 0.05) is 5.69 Å². The number of amides is 1. The first-order chi connectivity index (χ1) is 9.16. The van der Waals surface area contributed by atoms with Crippen molar-refractivity contribution in [3.8, 4) is 0 Å². The monoisotopic (exact) mass is 294 g/mol. The number of benzene rings is 2. The van der Waals surface area contributed by atoms with Gasteiger partial charge in [-0.15, -0.1) is 0 Å². The van der Waals surface area contributed by atoms with Crippen LogP contribution in [0.25, 0.3) is 0 Å². The number of nitrogens with one attached hydrogen (secondary N) is 2. The van der Waals surface area contributed by atoms with Crippen molar-refractivity contribution in [1.82, 2.24) is 0 Å². The van der Waals surface area contributed by atoms with Crippen molar-refractivity contribution in [2.75, 3.05) is 17.2 Å². The van der Waals surface area contributed by atoms with Gasteiger partial charge in [-0.3, -0.25) is 4.79 Å². The molecule has 2 N–H and O–H groups in total. The SMILES string of the molecule is O=C(CNc1ccccc1)Nc1c(Cl)cccc1Cl. The van der Waals surface area contributed by atoms with E-state index in [1.54, 1.807) is 18.2 Å². The first-order valence-electron chi connectivity index (χ1n) is 5.69. The average Bonchev–Trinajstić information content (AvgIpc) is 2.42. The zero-order valence-electron chi connectivity index (χ0n) is 9.99. The van der Waals surface area contributed by atoms with E-state index in [0.29, 0.717) is 15.7 Å². The summed E-state index contributed by atoms with van der Waals surface area (Å²) in [6.07, 6.45) is 0. The second-order valence-electron chi connectivity index (χ2n) is 3.86. The van der Waals surface area contributed by atoms with Crippen molar-refractivity contribution in [1.29, 1.82) is 0 Å². The summed E-state index contributed by atoms with van der Waals surface area (Å²) < 4.78 is 0. The van der Waals surface area contributed by atoms with Crippen LogP contribution in [0.4, 0.5) is 11.4 Å². The van der Waals surface area contributed by atoms with Crippen molar-refractivity contribution < 1.29 is 4.79 Å². The third-order valence-electron chi connectivity index (χ3n) is 2.45. The molecule has 0 bridgehead atoms. The Morgan fingerprint density at radius 1 is 0.947 bits per heavy atom. The number of anilines is 2. The van der Waals surface area contributed by atoms with Crippen LogP contribution in [-0.4, -0.2) is 12.5 Å². The molecular weight excluding hydrogens is 283 g/mol. The lowest BCUT2D eigenvalue weighted by Crippen LogP contribution is -2.22. The molecule has 0 heterocycles. The Balaban J connectivity index is 1.95. The molecule has 0 radical (unpaired) electrons. The van der Waals surface area contributed by atoms with E-state index in [2.05, 4.69) is 10.6 Å². The van der Waals surface area contributed by atoms with E-state index < -0.39 is 0 Å². The molecule has 0 unspecified atom stereocenters. The van der Waals surface area contributed by atoms with E-state index in [-0.39, 0.29) is 12.5 Å². The van der Waals surface area contributed by atoms with E-state index in [4.69, 9.17) is 23.2 Å². The van der Waals surface area contributed by atoms with Gasteiger partial charge in [0.2, 0.25) is 5.91 Å². The Hall–Kier alpha value is -1.71. The molecule has 0 aliphatic heterocycles. The van der Waals surface area contributed by atoms with Crippen molar-refractivity contribution in [3.63, 3.8) is 0 Å². The van der Waals surface area contributed by atoms with Gasteiger partial charge in [-0.05, 0) is 24.3 Å². The summed E-state index contributed by atoms with van der Waals surface area (Å²) in [5, 5.41) is 6.52. The van der Waals surface area contributed by atoms with Gasteiger partial charge in [0.05, 0.1) is 22.3 Å². The number of carbonyl (C=O) groups is 1. The smallest absolute Gasteiger partial charge is 0.243 e. The number of hydrogen-bond acceptors (Lipinski definition) is 2. The zero-order chi connectivity index (χ0) is 13.7. The number of para-hydroxylation sites is 2. The van der Waals surface area contributed by atoms with Gasteiger partial charge in [0.1, 0.15) is 0 Å². The molecule has 0 saturated carbocycles. The van der Waals surface area contributed by atoms with E-state index in [0.717, 1.165) is 5.69 Å². The number of halogens is 2. The molecule has 5 heteroatoms. The van der Waals surface area contributed by atoms with Crippen LogP contribution in [0.3, 0.4) is 0 Å². The maximum atomic E-state index is 11.8. The van der Waals surface area contributed by atoms with Crippen LogP contribution in [0, 0.1) is 0 Å². The second kappa shape index (κ2) is 6.45.